The summed E-state index contributed by atoms with van der Waals surface area (Å²) in [6.07, 6.45) is 6.22. The molecule has 2 fully saturated rings. The average molecular weight is 470 g/mol. The van der Waals surface area contributed by atoms with Gasteiger partial charge in [-0.1, -0.05) is 68.5 Å². The first-order valence-corrected chi connectivity index (χ1v) is 12.4. The van der Waals surface area contributed by atoms with Crippen LogP contribution in [0.3, 0.4) is 0 Å². The minimum absolute atomic E-state index is 0.169. The minimum atomic E-state index is -1.48. The summed E-state index contributed by atoms with van der Waals surface area (Å²) in [5.74, 6) is -2.08. The second-order valence-electron chi connectivity index (χ2n) is 11.3. The molecule has 6 nitrogen and oxygen atoms in total. The Kier molecular flexibility index (Phi) is 6.58. The summed E-state index contributed by atoms with van der Waals surface area (Å²) in [7, 11) is 0. The summed E-state index contributed by atoms with van der Waals surface area (Å²) >= 11 is 0. The Bertz CT molecular complexity index is 955. The van der Waals surface area contributed by atoms with Crippen LogP contribution in [0.4, 0.5) is 0 Å². The van der Waals surface area contributed by atoms with Gasteiger partial charge < -0.3 is 25.7 Å². The molecule has 0 radical (unpaired) electrons. The normalized spacial score (nSPS) is 48.7. The number of allylic oxidation sites excluding steroid dienone is 1. The van der Waals surface area contributed by atoms with Crippen molar-refractivity contribution in [3.63, 3.8) is 0 Å². The fraction of sp³-hybridized carbons (Fsp3) is 0.607. The number of hydrogen-bond acceptors (Lipinski definition) is 5. The fourth-order valence-corrected chi connectivity index (χ4v) is 6.92. The van der Waals surface area contributed by atoms with Gasteiger partial charge in [0.1, 0.15) is 0 Å². The van der Waals surface area contributed by atoms with Gasteiger partial charge in [0.15, 0.2) is 0 Å². The maximum atomic E-state index is 13.9. The molecule has 4 rings (SSSR count). The SMILES string of the molecule is CC1C/C=C/[C@H]2[C@H](O)[C@H](C)[C@@](C)(O)[C@H]3[C@H](Cc4ccccc4)NC(=O)[C@]32[C@H](O)/C=C/[C@](C)(O)C1. The van der Waals surface area contributed by atoms with Crippen molar-refractivity contribution in [1.82, 2.24) is 5.32 Å². The van der Waals surface area contributed by atoms with Crippen LogP contribution in [0.25, 0.3) is 0 Å². The number of aliphatic hydroxyl groups is 4. The van der Waals surface area contributed by atoms with Gasteiger partial charge in [0, 0.05) is 23.8 Å². The van der Waals surface area contributed by atoms with Crippen molar-refractivity contribution < 1.29 is 25.2 Å². The Morgan fingerprint density at radius 1 is 1.06 bits per heavy atom. The second kappa shape index (κ2) is 8.90. The molecule has 186 valence electrons. The number of nitrogens with one attached hydrogen (secondary N) is 1. The van der Waals surface area contributed by atoms with E-state index in [2.05, 4.69) is 5.32 Å². The van der Waals surface area contributed by atoms with Crippen LogP contribution in [0.2, 0.25) is 0 Å². The zero-order chi connectivity index (χ0) is 24.9. The summed E-state index contributed by atoms with van der Waals surface area (Å²) in [5.41, 5.74) is -3.04. The topological polar surface area (TPSA) is 110 Å². The standard InChI is InChI=1S/C28H39NO5/c1-17-9-8-12-20-23(31)18(2)27(4,34)24-21(15-19-10-6-5-7-11-19)29-25(32)28(20,24)22(30)13-14-26(3,33)16-17/h5-8,10-14,17-18,20-24,30-31,33-34H,9,15-16H2,1-4H3,(H,29,32)/b12-8+,14-13+/t17?,18-,20-,21-,22+,23+,24+,26-,27+,28+/m0/s1. The number of carbonyl (C=O) groups is 1. The molecule has 1 aromatic rings. The Balaban J connectivity index is 1.89. The van der Waals surface area contributed by atoms with Crippen molar-refractivity contribution in [2.75, 3.05) is 0 Å². The molecule has 34 heavy (non-hydrogen) atoms. The van der Waals surface area contributed by atoms with Crippen LogP contribution in [0.15, 0.2) is 54.6 Å². The Morgan fingerprint density at radius 2 is 1.74 bits per heavy atom. The van der Waals surface area contributed by atoms with Gasteiger partial charge in [0.05, 0.1) is 28.8 Å². The molecular weight excluding hydrogens is 430 g/mol. The van der Waals surface area contributed by atoms with Gasteiger partial charge in [-0.25, -0.2) is 0 Å². The lowest BCUT2D eigenvalue weighted by Gasteiger charge is -2.57. The van der Waals surface area contributed by atoms with Crippen molar-refractivity contribution in [2.45, 2.75) is 76.4 Å². The predicted molar refractivity (Wildman–Crippen MR) is 131 cm³/mol. The summed E-state index contributed by atoms with van der Waals surface area (Å²) in [4.78, 5) is 13.9. The van der Waals surface area contributed by atoms with Gasteiger partial charge in [0.25, 0.3) is 0 Å². The van der Waals surface area contributed by atoms with E-state index in [1.807, 2.05) is 56.3 Å². The minimum Gasteiger partial charge on any atom is -0.392 e. The lowest BCUT2D eigenvalue weighted by molar-refractivity contribution is -0.211. The highest BCUT2D eigenvalue weighted by Gasteiger charge is 2.72. The first-order valence-electron chi connectivity index (χ1n) is 12.4. The van der Waals surface area contributed by atoms with Crippen LogP contribution in [0.5, 0.6) is 0 Å². The molecule has 0 aromatic heterocycles. The van der Waals surface area contributed by atoms with E-state index in [4.69, 9.17) is 0 Å². The zero-order valence-electron chi connectivity index (χ0n) is 20.6. The molecule has 1 unspecified atom stereocenters. The van der Waals surface area contributed by atoms with Crippen molar-refractivity contribution in [3.8, 4) is 0 Å². The van der Waals surface area contributed by atoms with Crippen molar-refractivity contribution >= 4 is 5.91 Å². The Hall–Kier alpha value is -1.99. The number of aliphatic hydroxyl groups excluding tert-OH is 2. The van der Waals surface area contributed by atoms with E-state index in [-0.39, 0.29) is 11.8 Å². The lowest BCUT2D eigenvalue weighted by atomic mass is 9.48. The van der Waals surface area contributed by atoms with Crippen LogP contribution in [0, 0.1) is 29.1 Å². The number of benzene rings is 1. The fourth-order valence-electron chi connectivity index (χ4n) is 6.92. The molecule has 1 spiro atoms. The second-order valence-corrected chi connectivity index (χ2v) is 11.3. The molecule has 1 aromatic carbocycles. The summed E-state index contributed by atoms with van der Waals surface area (Å²) < 4.78 is 0. The average Bonchev–Trinajstić information content (AvgIpc) is 3.05. The molecule has 6 heteroatoms. The van der Waals surface area contributed by atoms with Crippen molar-refractivity contribution in [3.05, 3.63) is 60.2 Å². The number of carbonyl (C=O) groups excluding carboxylic acids is 1. The Morgan fingerprint density at radius 3 is 2.41 bits per heavy atom. The summed E-state index contributed by atoms with van der Waals surface area (Å²) in [5, 5.41) is 48.9. The van der Waals surface area contributed by atoms with Crippen LogP contribution < -0.4 is 5.32 Å². The maximum absolute atomic E-state index is 13.9. The maximum Gasteiger partial charge on any atom is 0.230 e. The van der Waals surface area contributed by atoms with E-state index in [0.717, 1.165) is 5.56 Å². The van der Waals surface area contributed by atoms with Crippen molar-refractivity contribution in [1.29, 1.82) is 0 Å². The molecule has 1 amide bonds. The number of amides is 1. The van der Waals surface area contributed by atoms with E-state index in [9.17, 15) is 25.2 Å². The van der Waals surface area contributed by atoms with Crippen molar-refractivity contribution in [2.24, 2.45) is 29.1 Å². The molecule has 1 saturated heterocycles. The zero-order valence-corrected chi connectivity index (χ0v) is 20.6. The van der Waals surface area contributed by atoms with Gasteiger partial charge in [0.2, 0.25) is 5.91 Å². The van der Waals surface area contributed by atoms with Gasteiger partial charge in [-0.3, -0.25) is 4.79 Å². The van der Waals surface area contributed by atoms with E-state index < -0.39 is 52.6 Å². The highest BCUT2D eigenvalue weighted by Crippen LogP contribution is 2.59. The Labute approximate surface area is 202 Å². The highest BCUT2D eigenvalue weighted by molar-refractivity contribution is 5.88. The largest absolute Gasteiger partial charge is 0.392 e. The molecule has 0 bridgehead atoms. The van der Waals surface area contributed by atoms with E-state index in [1.165, 1.54) is 6.08 Å². The number of rotatable bonds is 2. The lowest BCUT2D eigenvalue weighted by Crippen LogP contribution is -2.68. The van der Waals surface area contributed by atoms with Gasteiger partial charge in [-0.15, -0.1) is 0 Å². The summed E-state index contributed by atoms with van der Waals surface area (Å²) in [6, 6.07) is 9.34. The van der Waals surface area contributed by atoms with Crippen LogP contribution >= 0.6 is 0 Å². The van der Waals surface area contributed by atoms with E-state index in [1.54, 1.807) is 19.9 Å². The third kappa shape index (κ3) is 4.05. The van der Waals surface area contributed by atoms with Gasteiger partial charge in [-0.2, -0.15) is 0 Å². The molecule has 3 aliphatic rings. The smallest absolute Gasteiger partial charge is 0.230 e. The molecular formula is C28H39NO5. The predicted octanol–water partition coefficient (Wildman–Crippen LogP) is 2.36. The quantitative estimate of drug-likeness (QED) is 0.427. The third-order valence-corrected chi connectivity index (χ3v) is 8.68. The van der Waals surface area contributed by atoms with E-state index >= 15 is 0 Å². The van der Waals surface area contributed by atoms with Crippen LogP contribution in [0.1, 0.15) is 46.1 Å². The van der Waals surface area contributed by atoms with Gasteiger partial charge in [-0.05, 0) is 44.6 Å². The summed E-state index contributed by atoms with van der Waals surface area (Å²) in [6.45, 7) is 7.22. The number of hydrogen-bond donors (Lipinski definition) is 5. The van der Waals surface area contributed by atoms with E-state index in [0.29, 0.717) is 19.3 Å². The monoisotopic (exact) mass is 469 g/mol. The molecule has 2 aliphatic carbocycles. The molecule has 1 heterocycles. The van der Waals surface area contributed by atoms with Gasteiger partial charge >= 0.3 is 0 Å². The highest BCUT2D eigenvalue weighted by atomic mass is 16.3. The van der Waals surface area contributed by atoms with Crippen LogP contribution in [-0.2, 0) is 11.2 Å². The first kappa shape index (κ1) is 25.1. The first-order chi connectivity index (χ1) is 15.9. The molecule has 1 aliphatic heterocycles. The molecule has 10 atom stereocenters. The molecule has 1 saturated carbocycles. The van der Waals surface area contributed by atoms with Crippen LogP contribution in [-0.4, -0.2) is 55.8 Å². The molecule has 5 N–H and O–H groups in total. The third-order valence-electron chi connectivity index (χ3n) is 8.68.